The highest BCUT2D eigenvalue weighted by Gasteiger charge is 2.35. The first kappa shape index (κ1) is 16.8. The SMILES string of the molecule is O=C(Nc1cc(C(F)(F)F)no1)NC(c1cccs1)C1CCCC1. The summed E-state index contributed by atoms with van der Waals surface area (Å²) in [5, 5.41) is 9.96. The lowest BCUT2D eigenvalue weighted by Crippen LogP contribution is -2.35. The molecule has 9 heteroatoms. The maximum atomic E-state index is 12.5. The Hall–Kier alpha value is -2.03. The molecule has 5 nitrogen and oxygen atoms in total. The number of amides is 2. The van der Waals surface area contributed by atoms with Crippen molar-refractivity contribution in [2.75, 3.05) is 5.32 Å². The van der Waals surface area contributed by atoms with E-state index in [-0.39, 0.29) is 11.9 Å². The summed E-state index contributed by atoms with van der Waals surface area (Å²) in [5.74, 6) is -0.00830. The van der Waals surface area contributed by atoms with Crippen LogP contribution >= 0.6 is 11.3 Å². The Balaban J connectivity index is 1.66. The summed E-state index contributed by atoms with van der Waals surface area (Å²) >= 11 is 1.55. The average molecular weight is 359 g/mol. The van der Waals surface area contributed by atoms with Gasteiger partial charge in [-0.3, -0.25) is 5.32 Å². The number of hydrogen-bond donors (Lipinski definition) is 2. The van der Waals surface area contributed by atoms with E-state index in [1.165, 1.54) is 0 Å². The van der Waals surface area contributed by atoms with E-state index in [4.69, 9.17) is 0 Å². The van der Waals surface area contributed by atoms with Crippen molar-refractivity contribution in [2.24, 2.45) is 5.92 Å². The van der Waals surface area contributed by atoms with E-state index in [0.29, 0.717) is 12.0 Å². The minimum Gasteiger partial charge on any atom is -0.338 e. The van der Waals surface area contributed by atoms with Crippen molar-refractivity contribution in [1.82, 2.24) is 10.5 Å². The van der Waals surface area contributed by atoms with Gasteiger partial charge in [0.1, 0.15) is 0 Å². The summed E-state index contributed by atoms with van der Waals surface area (Å²) in [4.78, 5) is 13.2. The van der Waals surface area contributed by atoms with Crippen LogP contribution in [0.4, 0.5) is 23.8 Å². The zero-order valence-electron chi connectivity index (χ0n) is 12.6. The largest absolute Gasteiger partial charge is 0.436 e. The number of carbonyl (C=O) groups excluding carboxylic acids is 1. The Morgan fingerprint density at radius 3 is 2.71 bits per heavy atom. The molecular weight excluding hydrogens is 343 g/mol. The van der Waals surface area contributed by atoms with Crippen molar-refractivity contribution in [1.29, 1.82) is 0 Å². The number of nitrogens with one attached hydrogen (secondary N) is 2. The van der Waals surface area contributed by atoms with Gasteiger partial charge in [0, 0.05) is 10.9 Å². The summed E-state index contributed by atoms with van der Waals surface area (Å²) < 4.78 is 42.0. The molecule has 1 aliphatic rings. The number of thiophene rings is 1. The normalized spacial score (nSPS) is 17.0. The Morgan fingerprint density at radius 1 is 1.38 bits per heavy atom. The molecule has 0 aromatic carbocycles. The van der Waals surface area contributed by atoms with Gasteiger partial charge in [-0.25, -0.2) is 4.79 Å². The number of anilines is 1. The Labute approximate surface area is 140 Å². The van der Waals surface area contributed by atoms with Crippen molar-refractivity contribution in [3.05, 3.63) is 34.2 Å². The van der Waals surface area contributed by atoms with Crippen molar-refractivity contribution >= 4 is 23.3 Å². The molecule has 2 amide bonds. The van der Waals surface area contributed by atoms with Gasteiger partial charge in [0.05, 0.1) is 6.04 Å². The van der Waals surface area contributed by atoms with Crippen LogP contribution in [0.25, 0.3) is 0 Å². The number of urea groups is 1. The topological polar surface area (TPSA) is 67.2 Å². The number of rotatable bonds is 4. The van der Waals surface area contributed by atoms with Crippen LogP contribution in [0.5, 0.6) is 0 Å². The molecule has 0 aliphatic heterocycles. The number of carbonyl (C=O) groups is 1. The fraction of sp³-hybridized carbons (Fsp3) is 0.467. The highest BCUT2D eigenvalue weighted by atomic mass is 32.1. The summed E-state index contributed by atoms with van der Waals surface area (Å²) in [6, 6.07) is 3.76. The number of alkyl halides is 3. The monoisotopic (exact) mass is 359 g/mol. The number of halogens is 3. The van der Waals surface area contributed by atoms with E-state index in [1.807, 2.05) is 17.5 Å². The quantitative estimate of drug-likeness (QED) is 0.823. The van der Waals surface area contributed by atoms with E-state index in [0.717, 1.165) is 30.6 Å². The molecule has 130 valence electrons. The highest BCUT2D eigenvalue weighted by Crippen LogP contribution is 2.37. The average Bonchev–Trinajstić information content (AvgIpc) is 3.25. The van der Waals surface area contributed by atoms with Gasteiger partial charge in [-0.2, -0.15) is 13.2 Å². The van der Waals surface area contributed by atoms with Crippen LogP contribution < -0.4 is 10.6 Å². The molecule has 2 heterocycles. The third kappa shape index (κ3) is 3.89. The summed E-state index contributed by atoms with van der Waals surface area (Å²) in [5.41, 5.74) is -1.18. The lowest BCUT2D eigenvalue weighted by atomic mass is 9.97. The fourth-order valence-corrected chi connectivity index (χ4v) is 3.81. The van der Waals surface area contributed by atoms with Gasteiger partial charge < -0.3 is 9.84 Å². The second-order valence-corrected chi connectivity index (χ2v) is 6.69. The van der Waals surface area contributed by atoms with Gasteiger partial charge in [-0.05, 0) is 30.2 Å². The maximum absolute atomic E-state index is 12.5. The molecule has 1 atom stereocenters. The van der Waals surface area contributed by atoms with E-state index in [1.54, 1.807) is 11.3 Å². The predicted molar refractivity (Wildman–Crippen MR) is 82.7 cm³/mol. The van der Waals surface area contributed by atoms with Gasteiger partial charge in [-0.1, -0.05) is 24.1 Å². The van der Waals surface area contributed by atoms with Crippen molar-refractivity contribution < 1.29 is 22.5 Å². The van der Waals surface area contributed by atoms with Gasteiger partial charge >= 0.3 is 12.2 Å². The lowest BCUT2D eigenvalue weighted by Gasteiger charge is -2.23. The van der Waals surface area contributed by atoms with Gasteiger partial charge in [0.15, 0.2) is 5.69 Å². The lowest BCUT2D eigenvalue weighted by molar-refractivity contribution is -0.142. The van der Waals surface area contributed by atoms with Crippen LogP contribution in [0.2, 0.25) is 0 Å². The first-order valence-corrected chi connectivity index (χ1v) is 8.46. The molecule has 3 rings (SSSR count). The van der Waals surface area contributed by atoms with Crippen LogP contribution in [0.3, 0.4) is 0 Å². The minimum absolute atomic E-state index is 0.155. The standard InChI is InChI=1S/C15H16F3N3O2S/c16-15(17,18)11-8-12(23-21-11)19-14(22)20-13(9-4-1-2-5-9)10-6-3-7-24-10/h3,6-9,13H,1-2,4-5H2,(H2,19,20,22). The molecule has 2 N–H and O–H groups in total. The van der Waals surface area contributed by atoms with E-state index in [9.17, 15) is 18.0 Å². The van der Waals surface area contributed by atoms with E-state index >= 15 is 0 Å². The molecule has 0 spiro atoms. The maximum Gasteiger partial charge on any atom is 0.436 e. The summed E-state index contributed by atoms with van der Waals surface area (Å²) in [6.45, 7) is 0. The first-order valence-electron chi connectivity index (χ1n) is 7.58. The molecule has 24 heavy (non-hydrogen) atoms. The van der Waals surface area contributed by atoms with Crippen molar-refractivity contribution in [3.8, 4) is 0 Å². The zero-order chi connectivity index (χ0) is 17.2. The summed E-state index contributed by atoms with van der Waals surface area (Å²) in [7, 11) is 0. The van der Waals surface area contributed by atoms with Gasteiger partial charge in [-0.15, -0.1) is 11.3 Å². The second-order valence-electron chi connectivity index (χ2n) is 5.71. The van der Waals surface area contributed by atoms with Gasteiger partial charge in [0.25, 0.3) is 0 Å². The molecule has 1 fully saturated rings. The fourth-order valence-electron chi connectivity index (χ4n) is 2.94. The Kier molecular flexibility index (Phi) is 4.79. The zero-order valence-corrected chi connectivity index (χ0v) is 13.4. The Morgan fingerprint density at radius 2 is 2.12 bits per heavy atom. The molecule has 0 bridgehead atoms. The van der Waals surface area contributed by atoms with Crippen LogP contribution in [0.15, 0.2) is 28.1 Å². The van der Waals surface area contributed by atoms with Crippen LogP contribution in [-0.4, -0.2) is 11.2 Å². The molecule has 1 aliphatic carbocycles. The van der Waals surface area contributed by atoms with Crippen molar-refractivity contribution in [3.63, 3.8) is 0 Å². The Bertz CT molecular complexity index is 678. The number of aromatic nitrogens is 1. The van der Waals surface area contributed by atoms with Gasteiger partial charge in [0.2, 0.25) is 5.88 Å². The third-order valence-corrected chi connectivity index (χ3v) is 5.00. The van der Waals surface area contributed by atoms with Crippen LogP contribution in [0, 0.1) is 5.92 Å². The van der Waals surface area contributed by atoms with Crippen molar-refractivity contribution in [2.45, 2.75) is 37.9 Å². The molecule has 2 aromatic rings. The first-order chi connectivity index (χ1) is 11.4. The molecule has 0 saturated heterocycles. The van der Waals surface area contributed by atoms with Crippen LogP contribution in [-0.2, 0) is 6.18 Å². The molecule has 0 radical (unpaired) electrons. The second kappa shape index (κ2) is 6.84. The number of hydrogen-bond acceptors (Lipinski definition) is 4. The minimum atomic E-state index is -4.61. The molecule has 2 aromatic heterocycles. The van der Waals surface area contributed by atoms with Crippen LogP contribution in [0.1, 0.15) is 42.3 Å². The highest BCUT2D eigenvalue weighted by molar-refractivity contribution is 7.10. The van der Waals surface area contributed by atoms with E-state index in [2.05, 4.69) is 20.3 Å². The number of nitrogens with zero attached hydrogens (tertiary/aromatic N) is 1. The smallest absolute Gasteiger partial charge is 0.338 e. The van der Waals surface area contributed by atoms with E-state index < -0.39 is 17.9 Å². The predicted octanol–water partition coefficient (Wildman–Crippen LogP) is 4.81. The molecule has 1 saturated carbocycles. The molecule has 1 unspecified atom stereocenters. The molecular formula is C15H16F3N3O2S. The summed E-state index contributed by atoms with van der Waals surface area (Å²) in [6.07, 6.45) is -0.338. The third-order valence-electron chi connectivity index (χ3n) is 4.04.